The molecule has 31 heteroatoms. The molecule has 0 aliphatic rings. The van der Waals surface area contributed by atoms with Crippen LogP contribution in [0.15, 0.2) is 19.0 Å². The van der Waals surface area contributed by atoms with E-state index in [0.29, 0.717) is 0 Å². The Morgan fingerprint density at radius 2 is 0.698 bits per heavy atom. The first-order chi connectivity index (χ1) is 22.8. The number of nitrogens with zero attached hydrogens (tertiary/aromatic N) is 1. The van der Waals surface area contributed by atoms with Crippen LogP contribution in [0.1, 0.15) is 18.7 Å². The van der Waals surface area contributed by atoms with Gasteiger partial charge in [-0.3, -0.25) is 0 Å². The first kappa shape index (κ1) is 47.9. The van der Waals surface area contributed by atoms with Gasteiger partial charge in [0.2, 0.25) is 0 Å². The Hall–Kier alpha value is -3.08. The summed E-state index contributed by atoms with van der Waals surface area (Å²) in [5, 5.41) is 0. The number of H-pyrrole nitrogens is 1. The molecule has 0 aromatic carbocycles. The molecule has 312 valence electrons. The van der Waals surface area contributed by atoms with Crippen LogP contribution in [-0.4, -0.2) is 88.2 Å². The number of alkyl halides is 29. The summed E-state index contributed by atoms with van der Waals surface area (Å²) in [5.41, 5.74) is 0. The van der Waals surface area contributed by atoms with Crippen molar-refractivity contribution >= 4 is 6.20 Å². The Kier molecular flexibility index (Phi) is 11.5. The number of hydrogen-bond acceptors (Lipinski definition) is 0. The van der Waals surface area contributed by atoms with E-state index < -0.39 is 102 Å². The van der Waals surface area contributed by atoms with Crippen molar-refractivity contribution in [1.29, 1.82) is 0 Å². The van der Waals surface area contributed by atoms with E-state index in [1.54, 1.807) is 0 Å². The highest BCUT2D eigenvalue weighted by Crippen LogP contribution is 2.69. The summed E-state index contributed by atoms with van der Waals surface area (Å²) in [7, 11) is 0. The van der Waals surface area contributed by atoms with Crippen molar-refractivity contribution in [2.45, 2.75) is 102 Å². The molecule has 0 unspecified atom stereocenters. The van der Waals surface area contributed by atoms with Crippen molar-refractivity contribution < 1.29 is 132 Å². The minimum Gasteiger partial charge on any atom is -0.247 e. The van der Waals surface area contributed by atoms with E-state index in [2.05, 4.69) is 11.6 Å². The zero-order chi connectivity index (χ0) is 43.1. The Morgan fingerprint density at radius 3 is 0.962 bits per heavy atom. The van der Waals surface area contributed by atoms with Crippen LogP contribution in [-0.2, 0) is 6.42 Å². The fourth-order valence-corrected chi connectivity index (χ4v) is 3.76. The number of hydrogen-bond donors (Lipinski definition) is 1. The molecule has 0 saturated heterocycles. The van der Waals surface area contributed by atoms with Gasteiger partial charge < -0.3 is 0 Å². The van der Waals surface area contributed by atoms with Crippen molar-refractivity contribution in [3.8, 4) is 0 Å². The van der Waals surface area contributed by atoms with Crippen molar-refractivity contribution in [2.75, 3.05) is 0 Å². The van der Waals surface area contributed by atoms with E-state index in [4.69, 9.17) is 0 Å². The Balaban J connectivity index is 3.80. The molecule has 1 heterocycles. The number of nitrogens with one attached hydrogen (secondary N) is 1. The van der Waals surface area contributed by atoms with Gasteiger partial charge in [-0.05, 0) is 6.42 Å². The molecule has 0 atom stereocenters. The average molecular weight is 855 g/mol. The average Bonchev–Trinajstić information content (AvgIpc) is 3.42. The van der Waals surface area contributed by atoms with Crippen LogP contribution in [0.2, 0.25) is 0 Å². The molecule has 0 aliphatic heterocycles. The van der Waals surface area contributed by atoms with Gasteiger partial charge in [-0.2, -0.15) is 127 Å². The monoisotopic (exact) mass is 855 g/mol. The maximum absolute atomic E-state index is 14.1. The lowest BCUT2D eigenvalue weighted by atomic mass is 9.83. The van der Waals surface area contributed by atoms with Crippen LogP contribution < -0.4 is 4.57 Å². The van der Waals surface area contributed by atoms with Crippen LogP contribution in [0.4, 0.5) is 127 Å². The summed E-state index contributed by atoms with van der Waals surface area (Å²) < 4.78 is 395. The van der Waals surface area contributed by atoms with Gasteiger partial charge in [0.05, 0.1) is 6.20 Å². The number of aromatic amines is 1. The second kappa shape index (κ2) is 12.7. The lowest BCUT2D eigenvalue weighted by Crippen LogP contribution is -2.79. The largest absolute Gasteiger partial charge is 0.460 e. The maximum Gasteiger partial charge on any atom is 0.460 e. The van der Waals surface area contributed by atoms with E-state index >= 15 is 0 Å². The summed E-state index contributed by atoms with van der Waals surface area (Å²) in [6.07, 6.45) is -10.9. The summed E-state index contributed by atoms with van der Waals surface area (Å²) in [5.74, 6) is -120. The molecule has 1 rings (SSSR count). The summed E-state index contributed by atoms with van der Waals surface area (Å²) >= 11 is 0. The van der Waals surface area contributed by atoms with Gasteiger partial charge >= 0.3 is 83.2 Å². The molecule has 0 amide bonds. The molecule has 0 spiro atoms. The highest BCUT2D eigenvalue weighted by Gasteiger charge is 3.00. The lowest BCUT2D eigenvalue weighted by Gasteiger charge is -2.46. The van der Waals surface area contributed by atoms with Crippen LogP contribution >= 0.6 is 0 Å². The first-order valence-electron chi connectivity index (χ1n) is 12.5. The number of aryl methyl sites for hydroxylation is 1. The van der Waals surface area contributed by atoms with E-state index in [-0.39, 0.29) is 5.82 Å². The third-order valence-corrected chi connectivity index (χ3v) is 7.05. The normalized spacial score (nSPS) is 16.3. The molecule has 2 nitrogen and oxygen atoms in total. The molecule has 53 heavy (non-hydrogen) atoms. The Morgan fingerprint density at radius 1 is 0.434 bits per heavy atom. The standard InChI is InChI=1S/C22H11F29N2/c1-2-53-7-6-52-8(53)4-3-5-9(23,24)10(25,26)11(27,28)12(29,30)13(31,32)14(33,34)15(35,36)16(37,38)17(39,40)18(41,42)19(43,44)20(45,46)21(47,48)22(49,50)51/h2,6-7H,1,3-5H2/p+1. The fraction of sp³-hybridized carbons (Fsp3) is 0.773. The molecule has 0 fully saturated rings. The van der Waals surface area contributed by atoms with Gasteiger partial charge in [-0.1, -0.05) is 6.58 Å². The molecule has 1 aromatic heterocycles. The van der Waals surface area contributed by atoms with E-state index in [9.17, 15) is 127 Å². The SMILES string of the molecule is C=C[n+]1cc[nH]c1CCCC(F)(F)C(F)(F)C(F)(F)C(F)(F)C(F)(F)C(F)(F)C(F)(F)C(F)(F)C(F)(F)C(F)(F)C(F)(F)C(F)(F)C(F)(F)C(F)(F)F. The summed E-state index contributed by atoms with van der Waals surface area (Å²) in [6.45, 7) is 3.11. The third-order valence-electron chi connectivity index (χ3n) is 7.05. The quantitative estimate of drug-likeness (QED) is 0.119. The van der Waals surface area contributed by atoms with Gasteiger partial charge in [-0.15, -0.1) is 0 Å². The van der Waals surface area contributed by atoms with Crippen LogP contribution in [0.25, 0.3) is 6.20 Å². The fourth-order valence-electron chi connectivity index (χ4n) is 3.76. The first-order valence-corrected chi connectivity index (χ1v) is 12.5. The second-order valence-electron chi connectivity index (χ2n) is 10.4. The molecule has 0 radical (unpaired) electrons. The van der Waals surface area contributed by atoms with E-state index in [0.717, 1.165) is 23.2 Å². The molecule has 0 aliphatic carbocycles. The number of aromatic nitrogens is 2. The smallest absolute Gasteiger partial charge is 0.247 e. The minimum atomic E-state index is -9.93. The maximum atomic E-state index is 14.1. The number of halogens is 29. The van der Waals surface area contributed by atoms with Crippen molar-refractivity contribution in [3.63, 3.8) is 0 Å². The predicted octanol–water partition coefficient (Wildman–Crippen LogP) is 10.5. The summed E-state index contributed by atoms with van der Waals surface area (Å²) in [6, 6.07) is 0. The van der Waals surface area contributed by atoms with Crippen molar-refractivity contribution in [3.05, 3.63) is 24.8 Å². The highest BCUT2D eigenvalue weighted by atomic mass is 19.4. The van der Waals surface area contributed by atoms with Crippen LogP contribution in [0, 0.1) is 0 Å². The van der Waals surface area contributed by atoms with Crippen LogP contribution in [0.5, 0.6) is 0 Å². The Labute approximate surface area is 271 Å². The third kappa shape index (κ3) is 6.10. The van der Waals surface area contributed by atoms with Crippen molar-refractivity contribution in [1.82, 2.24) is 4.98 Å². The van der Waals surface area contributed by atoms with Gasteiger partial charge in [0.15, 0.2) is 0 Å². The van der Waals surface area contributed by atoms with E-state index in [1.165, 1.54) is 0 Å². The van der Waals surface area contributed by atoms with Crippen LogP contribution in [0.3, 0.4) is 0 Å². The molecule has 0 saturated carbocycles. The number of rotatable bonds is 17. The lowest BCUT2D eigenvalue weighted by molar-refractivity contribution is -0.575. The minimum absolute atomic E-state index is 0.344. The highest BCUT2D eigenvalue weighted by molar-refractivity contribution is 5.21. The molecule has 0 bridgehead atoms. The molecule has 1 aromatic rings. The Bertz CT molecular complexity index is 1460. The second-order valence-corrected chi connectivity index (χ2v) is 10.4. The summed E-state index contributed by atoms with van der Waals surface area (Å²) in [4.78, 5) is 2.17. The molecular formula is C22H12F29N2+. The van der Waals surface area contributed by atoms with Gasteiger partial charge in [-0.25, -0.2) is 9.55 Å². The topological polar surface area (TPSA) is 19.7 Å². The van der Waals surface area contributed by atoms with Gasteiger partial charge in [0.25, 0.3) is 5.82 Å². The zero-order valence-electron chi connectivity index (χ0n) is 24.0. The number of imidazole rings is 1. The van der Waals surface area contributed by atoms with E-state index in [1.807, 2.05) is 0 Å². The molecular weight excluding hydrogens is 843 g/mol. The van der Waals surface area contributed by atoms with Crippen molar-refractivity contribution in [2.24, 2.45) is 0 Å². The van der Waals surface area contributed by atoms with Gasteiger partial charge in [0, 0.05) is 12.8 Å². The van der Waals surface area contributed by atoms with Gasteiger partial charge in [0.1, 0.15) is 12.4 Å². The molecule has 1 N–H and O–H groups in total. The predicted molar refractivity (Wildman–Crippen MR) is 111 cm³/mol. The zero-order valence-corrected chi connectivity index (χ0v) is 24.0.